The van der Waals surface area contributed by atoms with Crippen LogP contribution in [-0.4, -0.2) is 26.9 Å². The largest absolute Gasteiger partial charge is 0.508 e. The molecule has 21 heavy (non-hydrogen) atoms. The molecule has 0 spiro atoms. The average molecular weight is 283 g/mol. The number of anilines is 1. The highest BCUT2D eigenvalue weighted by Gasteiger charge is 2.33. The van der Waals surface area contributed by atoms with E-state index < -0.39 is 0 Å². The molecule has 5 heteroatoms. The van der Waals surface area contributed by atoms with Gasteiger partial charge in [-0.2, -0.15) is 0 Å². The van der Waals surface area contributed by atoms with Crippen LogP contribution in [0.15, 0.2) is 42.6 Å². The van der Waals surface area contributed by atoms with Crippen LogP contribution in [-0.2, 0) is 6.54 Å². The van der Waals surface area contributed by atoms with E-state index in [9.17, 15) is 9.90 Å². The zero-order chi connectivity index (χ0) is 14.8. The molecule has 1 amide bonds. The standard InChI is InChI=1S/C16H17N3O2/c17-12-4-7-15(18-9-12)16(21)19(13-5-6-13)10-11-2-1-3-14(20)8-11/h1-4,7-9,13,20H,5-6,10,17H2. The number of carbonyl (C=O) groups is 1. The van der Waals surface area contributed by atoms with Gasteiger partial charge in [0.1, 0.15) is 11.4 Å². The maximum Gasteiger partial charge on any atom is 0.272 e. The normalized spacial score (nSPS) is 13.9. The van der Waals surface area contributed by atoms with Crippen molar-refractivity contribution in [1.82, 2.24) is 9.88 Å². The Morgan fingerprint density at radius 2 is 2.14 bits per heavy atom. The molecule has 1 aliphatic carbocycles. The fourth-order valence-corrected chi connectivity index (χ4v) is 2.28. The molecule has 0 unspecified atom stereocenters. The quantitative estimate of drug-likeness (QED) is 0.901. The number of carbonyl (C=O) groups excluding carboxylic acids is 1. The molecular weight excluding hydrogens is 266 g/mol. The van der Waals surface area contributed by atoms with Gasteiger partial charge in [0, 0.05) is 12.6 Å². The molecule has 0 bridgehead atoms. The third kappa shape index (κ3) is 3.13. The highest BCUT2D eigenvalue weighted by molar-refractivity contribution is 5.92. The van der Waals surface area contributed by atoms with E-state index in [1.165, 1.54) is 6.20 Å². The molecule has 1 heterocycles. The van der Waals surface area contributed by atoms with Gasteiger partial charge >= 0.3 is 0 Å². The van der Waals surface area contributed by atoms with Crippen LogP contribution in [0.25, 0.3) is 0 Å². The Balaban J connectivity index is 1.81. The summed E-state index contributed by atoms with van der Waals surface area (Å²) in [5.41, 5.74) is 7.45. The van der Waals surface area contributed by atoms with Gasteiger partial charge in [-0.05, 0) is 42.7 Å². The first-order chi connectivity index (χ1) is 10.1. The van der Waals surface area contributed by atoms with Gasteiger partial charge < -0.3 is 15.7 Å². The summed E-state index contributed by atoms with van der Waals surface area (Å²) in [7, 11) is 0. The van der Waals surface area contributed by atoms with Crippen LogP contribution in [0.4, 0.5) is 5.69 Å². The van der Waals surface area contributed by atoms with Crippen LogP contribution in [0, 0.1) is 0 Å². The van der Waals surface area contributed by atoms with Crippen LogP contribution in [0.5, 0.6) is 5.75 Å². The summed E-state index contributed by atoms with van der Waals surface area (Å²) < 4.78 is 0. The van der Waals surface area contributed by atoms with E-state index in [-0.39, 0.29) is 17.7 Å². The van der Waals surface area contributed by atoms with Crippen molar-refractivity contribution in [3.63, 3.8) is 0 Å². The molecule has 3 rings (SSSR count). The average Bonchev–Trinajstić information content (AvgIpc) is 3.29. The minimum Gasteiger partial charge on any atom is -0.508 e. The number of benzene rings is 1. The van der Waals surface area contributed by atoms with Crippen molar-refractivity contribution >= 4 is 11.6 Å². The molecule has 1 aromatic heterocycles. The molecule has 108 valence electrons. The number of phenols is 1. The number of nitrogens with two attached hydrogens (primary N) is 1. The number of phenolic OH excluding ortho intramolecular Hbond substituents is 1. The van der Waals surface area contributed by atoms with Gasteiger partial charge in [-0.25, -0.2) is 4.98 Å². The fourth-order valence-electron chi connectivity index (χ4n) is 2.28. The number of nitrogen functional groups attached to an aromatic ring is 1. The predicted molar refractivity (Wildman–Crippen MR) is 79.7 cm³/mol. The Kier molecular flexibility index (Phi) is 3.48. The molecule has 1 saturated carbocycles. The molecule has 0 aliphatic heterocycles. The van der Waals surface area contributed by atoms with Crippen molar-refractivity contribution in [3.05, 3.63) is 53.9 Å². The van der Waals surface area contributed by atoms with Crippen LogP contribution >= 0.6 is 0 Å². The summed E-state index contributed by atoms with van der Waals surface area (Å²) in [5.74, 6) is 0.113. The van der Waals surface area contributed by atoms with Gasteiger partial charge in [-0.15, -0.1) is 0 Å². The second kappa shape index (κ2) is 5.44. The van der Waals surface area contributed by atoms with Crippen molar-refractivity contribution in [1.29, 1.82) is 0 Å². The van der Waals surface area contributed by atoms with Gasteiger partial charge in [0.25, 0.3) is 5.91 Å². The SMILES string of the molecule is Nc1ccc(C(=O)N(Cc2cccc(O)c2)C2CC2)nc1. The number of aromatic nitrogens is 1. The van der Waals surface area contributed by atoms with E-state index in [1.54, 1.807) is 30.3 Å². The summed E-state index contributed by atoms with van der Waals surface area (Å²) in [6, 6.07) is 10.6. The number of pyridine rings is 1. The summed E-state index contributed by atoms with van der Waals surface area (Å²) in [4.78, 5) is 18.5. The summed E-state index contributed by atoms with van der Waals surface area (Å²) in [5, 5.41) is 9.54. The highest BCUT2D eigenvalue weighted by Crippen LogP contribution is 2.30. The molecule has 0 saturated heterocycles. The second-order valence-corrected chi connectivity index (χ2v) is 5.31. The molecule has 1 fully saturated rings. The minimum absolute atomic E-state index is 0.0964. The number of hydrogen-bond acceptors (Lipinski definition) is 4. The third-order valence-electron chi connectivity index (χ3n) is 3.52. The molecule has 3 N–H and O–H groups in total. The predicted octanol–water partition coefficient (Wildman–Crippen LogP) is 2.17. The van der Waals surface area contributed by atoms with Crippen molar-refractivity contribution in [2.24, 2.45) is 0 Å². The van der Waals surface area contributed by atoms with E-state index in [0.717, 1.165) is 18.4 Å². The lowest BCUT2D eigenvalue weighted by Gasteiger charge is -2.22. The second-order valence-electron chi connectivity index (χ2n) is 5.31. The van der Waals surface area contributed by atoms with Crippen molar-refractivity contribution in [2.45, 2.75) is 25.4 Å². The molecule has 1 aromatic carbocycles. The lowest BCUT2D eigenvalue weighted by Crippen LogP contribution is -2.33. The van der Waals surface area contributed by atoms with Crippen LogP contribution in [0.1, 0.15) is 28.9 Å². The first-order valence-electron chi connectivity index (χ1n) is 6.94. The molecule has 0 atom stereocenters. The van der Waals surface area contributed by atoms with E-state index in [4.69, 9.17) is 5.73 Å². The number of aromatic hydroxyl groups is 1. The topological polar surface area (TPSA) is 79.5 Å². The smallest absolute Gasteiger partial charge is 0.272 e. The monoisotopic (exact) mass is 283 g/mol. The lowest BCUT2D eigenvalue weighted by molar-refractivity contribution is 0.0724. The fraction of sp³-hybridized carbons (Fsp3) is 0.250. The summed E-state index contributed by atoms with van der Waals surface area (Å²) >= 11 is 0. The number of amides is 1. The zero-order valence-electron chi connectivity index (χ0n) is 11.6. The summed E-state index contributed by atoms with van der Waals surface area (Å²) in [6.45, 7) is 0.476. The van der Waals surface area contributed by atoms with E-state index >= 15 is 0 Å². The Morgan fingerprint density at radius 3 is 2.76 bits per heavy atom. The molecule has 1 aliphatic rings. The van der Waals surface area contributed by atoms with Gasteiger partial charge in [-0.1, -0.05) is 12.1 Å². The van der Waals surface area contributed by atoms with Gasteiger partial charge in [0.15, 0.2) is 0 Å². The molecule has 2 aromatic rings. The molecular formula is C16H17N3O2. The number of hydrogen-bond donors (Lipinski definition) is 2. The van der Waals surface area contributed by atoms with E-state index in [1.807, 2.05) is 11.0 Å². The van der Waals surface area contributed by atoms with Crippen molar-refractivity contribution in [3.8, 4) is 5.75 Å². The van der Waals surface area contributed by atoms with Gasteiger partial charge in [-0.3, -0.25) is 4.79 Å². The van der Waals surface area contributed by atoms with Crippen LogP contribution in [0.2, 0.25) is 0 Å². The first-order valence-corrected chi connectivity index (χ1v) is 6.94. The Bertz CT molecular complexity index is 651. The maximum atomic E-state index is 12.6. The lowest BCUT2D eigenvalue weighted by atomic mass is 10.2. The van der Waals surface area contributed by atoms with Crippen molar-refractivity contribution in [2.75, 3.05) is 5.73 Å². The van der Waals surface area contributed by atoms with E-state index in [2.05, 4.69) is 4.98 Å². The Hall–Kier alpha value is -2.56. The first kappa shape index (κ1) is 13.4. The highest BCUT2D eigenvalue weighted by atomic mass is 16.3. The van der Waals surface area contributed by atoms with Crippen molar-refractivity contribution < 1.29 is 9.90 Å². The third-order valence-corrected chi connectivity index (χ3v) is 3.52. The molecule has 0 radical (unpaired) electrons. The van der Waals surface area contributed by atoms with Crippen LogP contribution in [0.3, 0.4) is 0 Å². The number of rotatable bonds is 4. The summed E-state index contributed by atoms with van der Waals surface area (Å²) in [6.07, 6.45) is 3.52. The van der Waals surface area contributed by atoms with Gasteiger partial charge in [0.2, 0.25) is 0 Å². The zero-order valence-corrected chi connectivity index (χ0v) is 11.6. The Labute approximate surface area is 123 Å². The maximum absolute atomic E-state index is 12.6. The van der Waals surface area contributed by atoms with E-state index in [0.29, 0.717) is 17.9 Å². The Morgan fingerprint density at radius 1 is 1.33 bits per heavy atom. The van der Waals surface area contributed by atoms with Gasteiger partial charge in [0.05, 0.1) is 11.9 Å². The van der Waals surface area contributed by atoms with Crippen LogP contribution < -0.4 is 5.73 Å². The minimum atomic E-state index is -0.0964. The molecule has 5 nitrogen and oxygen atoms in total. The number of nitrogens with zero attached hydrogens (tertiary/aromatic N) is 2.